The van der Waals surface area contributed by atoms with Gasteiger partial charge in [-0.15, -0.1) is 0 Å². The summed E-state index contributed by atoms with van der Waals surface area (Å²) < 4.78 is 5.58. The standard InChI is InChI=1S/C12H23N3O/c1-14(6-4-5-13)9-11-16-12-10-15-7-2-3-8-15/h2-4,6-12H2,1H3. The van der Waals surface area contributed by atoms with Gasteiger partial charge in [0, 0.05) is 26.1 Å². The normalized spacial score (nSPS) is 16.8. The highest BCUT2D eigenvalue weighted by molar-refractivity contribution is 4.70. The molecule has 0 aromatic rings. The lowest BCUT2D eigenvalue weighted by atomic mass is 10.4. The highest BCUT2D eigenvalue weighted by Gasteiger charge is 2.10. The van der Waals surface area contributed by atoms with Gasteiger partial charge >= 0.3 is 0 Å². The minimum absolute atomic E-state index is 0.601. The summed E-state index contributed by atoms with van der Waals surface area (Å²) in [6.07, 6.45) is 3.29. The second-order valence-corrected chi connectivity index (χ2v) is 4.37. The lowest BCUT2D eigenvalue weighted by Crippen LogP contribution is -2.27. The molecule has 0 atom stereocenters. The number of likely N-dealkylation sites (N-methyl/N-ethyl adjacent to an activating group) is 1. The van der Waals surface area contributed by atoms with Crippen molar-refractivity contribution >= 4 is 0 Å². The third kappa shape index (κ3) is 6.06. The van der Waals surface area contributed by atoms with Crippen LogP contribution >= 0.6 is 0 Å². The van der Waals surface area contributed by atoms with Crippen molar-refractivity contribution in [1.29, 1.82) is 5.26 Å². The van der Waals surface area contributed by atoms with Crippen LogP contribution < -0.4 is 0 Å². The number of likely N-dealkylation sites (tertiary alicyclic amines) is 1. The molecule has 0 N–H and O–H groups in total. The molecule has 1 saturated heterocycles. The van der Waals surface area contributed by atoms with E-state index in [1.165, 1.54) is 25.9 Å². The summed E-state index contributed by atoms with van der Waals surface area (Å²) in [6.45, 7) is 6.92. The van der Waals surface area contributed by atoms with E-state index in [1.54, 1.807) is 0 Å². The molecule has 0 spiro atoms. The topological polar surface area (TPSA) is 39.5 Å². The first-order valence-electron chi connectivity index (χ1n) is 6.18. The van der Waals surface area contributed by atoms with Crippen molar-refractivity contribution in [1.82, 2.24) is 9.80 Å². The van der Waals surface area contributed by atoms with Crippen molar-refractivity contribution in [3.63, 3.8) is 0 Å². The molecule has 0 radical (unpaired) electrons. The Morgan fingerprint density at radius 3 is 2.69 bits per heavy atom. The van der Waals surface area contributed by atoms with Crippen molar-refractivity contribution in [2.24, 2.45) is 0 Å². The molecule has 4 nitrogen and oxygen atoms in total. The van der Waals surface area contributed by atoms with E-state index in [0.29, 0.717) is 6.42 Å². The van der Waals surface area contributed by atoms with Crippen molar-refractivity contribution < 1.29 is 4.74 Å². The van der Waals surface area contributed by atoms with Crippen molar-refractivity contribution in [3.05, 3.63) is 0 Å². The van der Waals surface area contributed by atoms with Gasteiger partial charge in [0.05, 0.1) is 19.3 Å². The fourth-order valence-electron chi connectivity index (χ4n) is 1.87. The zero-order valence-electron chi connectivity index (χ0n) is 10.3. The maximum Gasteiger partial charge on any atom is 0.0635 e. The summed E-state index contributed by atoms with van der Waals surface area (Å²) in [5.41, 5.74) is 0. The van der Waals surface area contributed by atoms with Crippen LogP contribution in [0.15, 0.2) is 0 Å². The maximum atomic E-state index is 8.43. The number of hydrogen-bond donors (Lipinski definition) is 0. The van der Waals surface area contributed by atoms with Gasteiger partial charge in [0.1, 0.15) is 0 Å². The lowest BCUT2D eigenvalue weighted by Gasteiger charge is -2.17. The van der Waals surface area contributed by atoms with E-state index in [-0.39, 0.29) is 0 Å². The highest BCUT2D eigenvalue weighted by Crippen LogP contribution is 2.05. The van der Waals surface area contributed by atoms with Crippen molar-refractivity contribution in [2.75, 3.05) is 53.0 Å². The molecule has 0 aliphatic carbocycles. The second-order valence-electron chi connectivity index (χ2n) is 4.37. The van der Waals surface area contributed by atoms with Gasteiger partial charge in [0.25, 0.3) is 0 Å². The van der Waals surface area contributed by atoms with E-state index in [0.717, 1.165) is 32.8 Å². The molecule has 1 rings (SSSR count). The fourth-order valence-corrected chi connectivity index (χ4v) is 1.87. The Balaban J connectivity index is 1.85. The van der Waals surface area contributed by atoms with E-state index in [9.17, 15) is 0 Å². The van der Waals surface area contributed by atoms with E-state index in [2.05, 4.69) is 15.9 Å². The smallest absolute Gasteiger partial charge is 0.0635 e. The number of nitrogens with zero attached hydrogens (tertiary/aromatic N) is 3. The SMILES string of the molecule is CN(CCC#N)CCOCCN1CCCC1. The van der Waals surface area contributed by atoms with E-state index in [1.807, 2.05) is 7.05 Å². The van der Waals surface area contributed by atoms with Gasteiger partial charge in [0.2, 0.25) is 0 Å². The van der Waals surface area contributed by atoms with Crippen LogP contribution in [0.4, 0.5) is 0 Å². The molecular weight excluding hydrogens is 202 g/mol. The predicted octanol–water partition coefficient (Wildman–Crippen LogP) is 0.944. The maximum absolute atomic E-state index is 8.43. The van der Waals surface area contributed by atoms with Crippen LogP contribution in [0.5, 0.6) is 0 Å². The molecule has 0 unspecified atom stereocenters. The molecule has 0 bridgehead atoms. The van der Waals surface area contributed by atoms with E-state index < -0.39 is 0 Å². The van der Waals surface area contributed by atoms with E-state index >= 15 is 0 Å². The lowest BCUT2D eigenvalue weighted by molar-refractivity contribution is 0.0943. The molecule has 16 heavy (non-hydrogen) atoms. The summed E-state index contributed by atoms with van der Waals surface area (Å²) in [7, 11) is 2.03. The third-order valence-electron chi connectivity index (χ3n) is 2.97. The van der Waals surface area contributed by atoms with Gasteiger partial charge in [-0.25, -0.2) is 0 Å². The summed E-state index contributed by atoms with van der Waals surface area (Å²) in [6, 6.07) is 2.15. The fraction of sp³-hybridized carbons (Fsp3) is 0.917. The van der Waals surface area contributed by atoms with Gasteiger partial charge in [-0.3, -0.25) is 0 Å². The van der Waals surface area contributed by atoms with Crippen LogP contribution in [0.2, 0.25) is 0 Å². The van der Waals surface area contributed by atoms with Crippen LogP contribution in [0, 0.1) is 11.3 Å². The first kappa shape index (κ1) is 13.4. The highest BCUT2D eigenvalue weighted by atomic mass is 16.5. The van der Waals surface area contributed by atoms with Crippen molar-refractivity contribution in [2.45, 2.75) is 19.3 Å². The van der Waals surface area contributed by atoms with Gasteiger partial charge in [-0.1, -0.05) is 0 Å². The molecule has 92 valence electrons. The van der Waals surface area contributed by atoms with Crippen LogP contribution in [-0.2, 0) is 4.74 Å². The summed E-state index contributed by atoms with van der Waals surface area (Å²) in [5.74, 6) is 0. The zero-order chi connectivity index (χ0) is 11.6. The minimum atomic E-state index is 0.601. The Morgan fingerprint density at radius 2 is 2.00 bits per heavy atom. The molecule has 1 fully saturated rings. The van der Waals surface area contributed by atoms with Crippen molar-refractivity contribution in [3.8, 4) is 6.07 Å². The number of hydrogen-bond acceptors (Lipinski definition) is 4. The average molecular weight is 225 g/mol. The van der Waals surface area contributed by atoms with Gasteiger partial charge in [-0.05, 0) is 33.0 Å². The van der Waals surface area contributed by atoms with Gasteiger partial charge in [0.15, 0.2) is 0 Å². The number of rotatable bonds is 8. The van der Waals surface area contributed by atoms with E-state index in [4.69, 9.17) is 10.00 Å². The monoisotopic (exact) mass is 225 g/mol. The predicted molar refractivity (Wildman–Crippen MR) is 64.2 cm³/mol. The Hall–Kier alpha value is -0.630. The summed E-state index contributed by atoms with van der Waals surface area (Å²) in [4.78, 5) is 4.60. The number of nitriles is 1. The average Bonchev–Trinajstić information content (AvgIpc) is 2.79. The van der Waals surface area contributed by atoms with Crippen LogP contribution in [0.1, 0.15) is 19.3 Å². The Bertz CT molecular complexity index is 209. The first-order chi connectivity index (χ1) is 7.83. The number of ether oxygens (including phenoxy) is 1. The molecule has 0 aromatic heterocycles. The molecule has 0 saturated carbocycles. The van der Waals surface area contributed by atoms with Crippen LogP contribution in [-0.4, -0.2) is 62.8 Å². The Labute approximate surface area is 98.8 Å². The summed E-state index contributed by atoms with van der Waals surface area (Å²) >= 11 is 0. The Morgan fingerprint density at radius 1 is 1.25 bits per heavy atom. The first-order valence-corrected chi connectivity index (χ1v) is 6.18. The molecule has 1 aliphatic rings. The molecular formula is C12H23N3O. The quantitative estimate of drug-likeness (QED) is 0.576. The molecule has 4 heteroatoms. The van der Waals surface area contributed by atoms with Gasteiger partial charge in [-0.2, -0.15) is 5.26 Å². The minimum Gasteiger partial charge on any atom is -0.379 e. The zero-order valence-corrected chi connectivity index (χ0v) is 10.3. The van der Waals surface area contributed by atoms with Crippen LogP contribution in [0.3, 0.4) is 0 Å². The second kappa shape index (κ2) is 8.51. The largest absolute Gasteiger partial charge is 0.379 e. The Kier molecular flexibility index (Phi) is 7.15. The van der Waals surface area contributed by atoms with Crippen LogP contribution in [0.25, 0.3) is 0 Å². The third-order valence-corrected chi connectivity index (χ3v) is 2.97. The molecule has 0 amide bonds. The molecule has 1 aliphatic heterocycles. The molecule has 1 heterocycles. The molecule has 0 aromatic carbocycles. The van der Waals surface area contributed by atoms with Gasteiger partial charge < -0.3 is 14.5 Å². The summed E-state index contributed by atoms with van der Waals surface area (Å²) in [5, 5.41) is 8.43.